The first-order valence-corrected chi connectivity index (χ1v) is 9.17. The number of esters is 1. The summed E-state index contributed by atoms with van der Waals surface area (Å²) in [5.74, 6) is -0.613. The van der Waals surface area contributed by atoms with E-state index < -0.39 is 16.0 Å². The fourth-order valence-electron chi connectivity index (χ4n) is 2.77. The molecular weight excluding hydrogens is 316 g/mol. The Balaban J connectivity index is 2.17. The predicted octanol–water partition coefficient (Wildman–Crippen LogP) is 1.36. The van der Waals surface area contributed by atoms with Crippen LogP contribution in [0.4, 0.5) is 0 Å². The summed E-state index contributed by atoms with van der Waals surface area (Å²) in [6.45, 7) is 4.81. The Kier molecular flexibility index (Phi) is 5.13. The van der Waals surface area contributed by atoms with Crippen molar-refractivity contribution < 1.29 is 17.9 Å². The molecule has 2 rings (SSSR count). The lowest BCUT2D eigenvalue weighted by Gasteiger charge is -2.41. The van der Waals surface area contributed by atoms with E-state index in [2.05, 4.69) is 4.74 Å². The zero-order valence-electron chi connectivity index (χ0n) is 13.8. The van der Waals surface area contributed by atoms with E-state index in [4.69, 9.17) is 5.73 Å². The smallest absolute Gasteiger partial charge is 0.337 e. The number of sulfonamides is 1. The standard InChI is InChI=1S/C16H24N2O4S/c1-16(2)11-18(8-7-14(16)17)23(20,21)10-12-5-4-6-13(9-12)15(19)22-3/h4-6,9,14H,7-8,10-11,17H2,1-3H3. The molecule has 2 N–H and O–H groups in total. The predicted molar refractivity (Wildman–Crippen MR) is 88.4 cm³/mol. The molecule has 1 aliphatic rings. The lowest BCUT2D eigenvalue weighted by molar-refractivity contribution is 0.0600. The van der Waals surface area contributed by atoms with Gasteiger partial charge in [-0.05, 0) is 29.5 Å². The normalized spacial score (nSPS) is 21.8. The summed E-state index contributed by atoms with van der Waals surface area (Å²) < 4.78 is 31.5. The van der Waals surface area contributed by atoms with Crippen molar-refractivity contribution in [2.24, 2.45) is 11.1 Å². The van der Waals surface area contributed by atoms with Crippen molar-refractivity contribution in [1.82, 2.24) is 4.31 Å². The number of carbonyl (C=O) groups is 1. The van der Waals surface area contributed by atoms with E-state index in [1.807, 2.05) is 13.8 Å². The molecule has 0 saturated carbocycles. The van der Waals surface area contributed by atoms with Gasteiger partial charge in [0.1, 0.15) is 0 Å². The molecule has 1 heterocycles. The number of rotatable bonds is 4. The lowest BCUT2D eigenvalue weighted by Crippen LogP contribution is -2.54. The van der Waals surface area contributed by atoms with E-state index in [0.717, 1.165) is 0 Å². The van der Waals surface area contributed by atoms with Crippen molar-refractivity contribution >= 4 is 16.0 Å². The van der Waals surface area contributed by atoms with Crippen LogP contribution >= 0.6 is 0 Å². The van der Waals surface area contributed by atoms with Gasteiger partial charge in [-0.1, -0.05) is 26.0 Å². The number of carbonyl (C=O) groups excluding carboxylic acids is 1. The number of hydrogen-bond acceptors (Lipinski definition) is 5. The molecule has 1 atom stereocenters. The molecule has 0 amide bonds. The van der Waals surface area contributed by atoms with Gasteiger partial charge in [0, 0.05) is 19.1 Å². The highest BCUT2D eigenvalue weighted by molar-refractivity contribution is 7.88. The summed E-state index contributed by atoms with van der Waals surface area (Å²) in [5.41, 5.74) is 6.73. The Bertz CT molecular complexity index is 685. The van der Waals surface area contributed by atoms with Gasteiger partial charge in [-0.2, -0.15) is 0 Å². The number of benzene rings is 1. The number of nitrogens with zero attached hydrogens (tertiary/aromatic N) is 1. The van der Waals surface area contributed by atoms with Crippen LogP contribution in [-0.2, 0) is 20.5 Å². The van der Waals surface area contributed by atoms with Gasteiger partial charge in [-0.25, -0.2) is 17.5 Å². The SMILES string of the molecule is COC(=O)c1cccc(CS(=O)(=O)N2CCC(N)C(C)(C)C2)c1. The maximum absolute atomic E-state index is 12.7. The van der Waals surface area contributed by atoms with Crippen LogP contribution in [0, 0.1) is 5.41 Å². The zero-order chi connectivity index (χ0) is 17.3. The molecule has 1 aromatic carbocycles. The number of methoxy groups -OCH3 is 1. The van der Waals surface area contributed by atoms with Gasteiger partial charge >= 0.3 is 5.97 Å². The van der Waals surface area contributed by atoms with Crippen LogP contribution in [0.15, 0.2) is 24.3 Å². The summed E-state index contributed by atoms with van der Waals surface area (Å²) in [6.07, 6.45) is 0.647. The van der Waals surface area contributed by atoms with E-state index in [9.17, 15) is 13.2 Å². The fraction of sp³-hybridized carbons (Fsp3) is 0.562. The summed E-state index contributed by atoms with van der Waals surface area (Å²) >= 11 is 0. The third-order valence-electron chi connectivity index (χ3n) is 4.37. The summed E-state index contributed by atoms with van der Waals surface area (Å²) in [4.78, 5) is 11.6. The van der Waals surface area contributed by atoms with Crippen LogP contribution < -0.4 is 5.73 Å². The molecule has 1 unspecified atom stereocenters. The van der Waals surface area contributed by atoms with Gasteiger partial charge < -0.3 is 10.5 Å². The summed E-state index contributed by atoms with van der Waals surface area (Å²) in [6, 6.07) is 6.52. The highest BCUT2D eigenvalue weighted by Gasteiger charge is 2.38. The number of hydrogen-bond donors (Lipinski definition) is 1. The maximum Gasteiger partial charge on any atom is 0.337 e. The highest BCUT2D eigenvalue weighted by atomic mass is 32.2. The lowest BCUT2D eigenvalue weighted by atomic mass is 9.81. The van der Waals surface area contributed by atoms with E-state index in [1.54, 1.807) is 24.3 Å². The van der Waals surface area contributed by atoms with Gasteiger partial charge in [0.2, 0.25) is 10.0 Å². The quantitative estimate of drug-likeness (QED) is 0.836. The molecule has 0 radical (unpaired) electrons. The van der Waals surface area contributed by atoms with Crippen LogP contribution in [0.3, 0.4) is 0 Å². The molecule has 1 saturated heterocycles. The van der Waals surface area contributed by atoms with E-state index >= 15 is 0 Å². The van der Waals surface area contributed by atoms with Gasteiger partial charge in [0.05, 0.1) is 18.4 Å². The second-order valence-electron chi connectivity index (χ2n) is 6.67. The molecule has 23 heavy (non-hydrogen) atoms. The molecule has 6 nitrogen and oxygen atoms in total. The van der Waals surface area contributed by atoms with Crippen LogP contribution in [0.1, 0.15) is 36.2 Å². The first-order chi connectivity index (χ1) is 10.7. The number of ether oxygens (including phenoxy) is 1. The van der Waals surface area contributed by atoms with Gasteiger partial charge in [-0.15, -0.1) is 0 Å². The monoisotopic (exact) mass is 340 g/mol. The Morgan fingerprint density at radius 1 is 1.43 bits per heavy atom. The second-order valence-corrected chi connectivity index (χ2v) is 8.63. The minimum Gasteiger partial charge on any atom is -0.465 e. The van der Waals surface area contributed by atoms with Crippen LogP contribution in [-0.4, -0.2) is 44.9 Å². The Hall–Kier alpha value is -1.44. The van der Waals surface area contributed by atoms with E-state index in [-0.39, 0.29) is 17.2 Å². The Morgan fingerprint density at radius 3 is 2.74 bits per heavy atom. The van der Waals surface area contributed by atoms with Crippen molar-refractivity contribution in [2.45, 2.75) is 32.1 Å². The average Bonchev–Trinajstić information content (AvgIpc) is 2.48. The van der Waals surface area contributed by atoms with Crippen molar-refractivity contribution in [2.75, 3.05) is 20.2 Å². The second kappa shape index (κ2) is 6.59. The first-order valence-electron chi connectivity index (χ1n) is 7.56. The van der Waals surface area contributed by atoms with Crippen LogP contribution in [0.2, 0.25) is 0 Å². The minimum atomic E-state index is -3.45. The minimum absolute atomic E-state index is 0.00315. The first kappa shape index (κ1) is 17.9. The molecule has 0 aromatic heterocycles. The molecule has 128 valence electrons. The maximum atomic E-state index is 12.7. The summed E-state index contributed by atoms with van der Waals surface area (Å²) in [5, 5.41) is 0. The number of piperidine rings is 1. The topological polar surface area (TPSA) is 89.7 Å². The van der Waals surface area contributed by atoms with Gasteiger partial charge in [-0.3, -0.25) is 0 Å². The van der Waals surface area contributed by atoms with Crippen LogP contribution in [0.25, 0.3) is 0 Å². The van der Waals surface area contributed by atoms with Crippen molar-refractivity contribution in [1.29, 1.82) is 0 Å². The molecule has 1 aromatic rings. The van der Waals surface area contributed by atoms with Crippen molar-refractivity contribution in [3.63, 3.8) is 0 Å². The third-order valence-corrected chi connectivity index (χ3v) is 6.16. The Morgan fingerprint density at radius 2 is 2.13 bits per heavy atom. The van der Waals surface area contributed by atoms with E-state index in [0.29, 0.717) is 30.6 Å². The molecule has 1 fully saturated rings. The molecule has 0 spiro atoms. The van der Waals surface area contributed by atoms with Gasteiger partial charge in [0.15, 0.2) is 0 Å². The summed E-state index contributed by atoms with van der Waals surface area (Å²) in [7, 11) is -2.16. The fourth-order valence-corrected chi connectivity index (χ4v) is 4.47. The highest BCUT2D eigenvalue weighted by Crippen LogP contribution is 2.30. The average molecular weight is 340 g/mol. The molecule has 0 aliphatic carbocycles. The van der Waals surface area contributed by atoms with Gasteiger partial charge in [0.25, 0.3) is 0 Å². The molecule has 1 aliphatic heterocycles. The Labute approximate surface area is 137 Å². The molecule has 7 heteroatoms. The zero-order valence-corrected chi connectivity index (χ0v) is 14.6. The van der Waals surface area contributed by atoms with E-state index in [1.165, 1.54) is 11.4 Å². The van der Waals surface area contributed by atoms with Crippen LogP contribution in [0.5, 0.6) is 0 Å². The third kappa shape index (κ3) is 4.10. The molecular formula is C16H24N2O4S. The molecule has 0 bridgehead atoms. The largest absolute Gasteiger partial charge is 0.465 e. The number of nitrogens with two attached hydrogens (primary N) is 1. The van der Waals surface area contributed by atoms with Crippen molar-refractivity contribution in [3.05, 3.63) is 35.4 Å². The van der Waals surface area contributed by atoms with Crippen molar-refractivity contribution in [3.8, 4) is 0 Å².